The smallest absolute Gasteiger partial charge is 0.129 e. The maximum Gasteiger partial charge on any atom is 0.129 e. The molecule has 0 saturated heterocycles. The molecule has 2 rings (SSSR count). The van der Waals surface area contributed by atoms with Crippen molar-refractivity contribution < 1.29 is 0 Å². The van der Waals surface area contributed by atoms with E-state index < -0.39 is 0 Å². The summed E-state index contributed by atoms with van der Waals surface area (Å²) >= 11 is 0. The summed E-state index contributed by atoms with van der Waals surface area (Å²) in [5.74, 6) is 1.92. The monoisotopic (exact) mass is 205 g/mol. The van der Waals surface area contributed by atoms with E-state index in [1.165, 1.54) is 32.1 Å². The summed E-state index contributed by atoms with van der Waals surface area (Å²) in [5, 5.41) is 3.47. The van der Waals surface area contributed by atoms with E-state index in [-0.39, 0.29) is 0 Å². The van der Waals surface area contributed by atoms with Crippen molar-refractivity contribution in [3.05, 3.63) is 18.6 Å². The predicted molar refractivity (Wildman–Crippen MR) is 61.7 cm³/mol. The Balaban J connectivity index is 1.82. The highest BCUT2D eigenvalue weighted by atomic mass is 15.0. The van der Waals surface area contributed by atoms with Crippen LogP contribution in [0.15, 0.2) is 18.6 Å². The largest absolute Gasteiger partial charge is 0.367 e. The van der Waals surface area contributed by atoms with E-state index in [1.807, 2.05) is 6.07 Å². The molecule has 0 aliphatic heterocycles. The molecule has 1 heterocycles. The number of rotatable bonds is 3. The fourth-order valence-electron chi connectivity index (χ4n) is 2.30. The highest BCUT2D eigenvalue weighted by Crippen LogP contribution is 2.27. The molecule has 3 nitrogen and oxygen atoms in total. The zero-order valence-corrected chi connectivity index (χ0v) is 9.32. The van der Waals surface area contributed by atoms with Crippen LogP contribution >= 0.6 is 0 Å². The molecule has 82 valence electrons. The molecule has 0 aromatic carbocycles. The van der Waals surface area contributed by atoms with Gasteiger partial charge in [0.15, 0.2) is 0 Å². The van der Waals surface area contributed by atoms with Crippen molar-refractivity contribution in [3.63, 3.8) is 0 Å². The molecule has 1 saturated carbocycles. The van der Waals surface area contributed by atoms with Gasteiger partial charge in [0.2, 0.25) is 0 Å². The number of nitrogens with zero attached hydrogens (tertiary/aromatic N) is 2. The number of aromatic nitrogens is 2. The van der Waals surface area contributed by atoms with E-state index >= 15 is 0 Å². The van der Waals surface area contributed by atoms with Crippen molar-refractivity contribution in [2.45, 2.75) is 45.1 Å². The summed E-state index contributed by atoms with van der Waals surface area (Å²) in [6, 6.07) is 2.55. The molecule has 1 fully saturated rings. The molecular weight excluding hydrogens is 186 g/mol. The van der Waals surface area contributed by atoms with Crippen LogP contribution in [0.1, 0.15) is 39.0 Å². The topological polar surface area (TPSA) is 37.8 Å². The zero-order valence-electron chi connectivity index (χ0n) is 9.32. The Morgan fingerprint density at radius 2 is 2.13 bits per heavy atom. The van der Waals surface area contributed by atoms with Crippen LogP contribution in [0.25, 0.3) is 0 Å². The van der Waals surface area contributed by atoms with E-state index in [0.717, 1.165) is 11.7 Å². The van der Waals surface area contributed by atoms with Gasteiger partial charge in [0, 0.05) is 12.2 Å². The van der Waals surface area contributed by atoms with Crippen LogP contribution in [0.2, 0.25) is 0 Å². The van der Waals surface area contributed by atoms with Gasteiger partial charge in [0.25, 0.3) is 0 Å². The molecule has 0 unspecified atom stereocenters. The Morgan fingerprint density at radius 3 is 2.73 bits per heavy atom. The molecule has 0 atom stereocenters. The lowest BCUT2D eigenvalue weighted by atomic mass is 9.84. The number of nitrogens with one attached hydrogen (secondary N) is 1. The first-order valence-electron chi connectivity index (χ1n) is 5.91. The minimum absolute atomic E-state index is 0.614. The number of anilines is 1. The van der Waals surface area contributed by atoms with Crippen molar-refractivity contribution in [2.24, 2.45) is 5.92 Å². The second kappa shape index (κ2) is 5.10. The molecule has 0 amide bonds. The predicted octanol–water partition coefficient (Wildman–Crippen LogP) is 2.86. The average Bonchev–Trinajstić information content (AvgIpc) is 2.31. The highest BCUT2D eigenvalue weighted by Gasteiger charge is 2.19. The SMILES string of the molecule is CCC1CCC(Nc2ccncn2)CC1. The second-order valence-corrected chi connectivity index (χ2v) is 4.36. The number of hydrogen-bond acceptors (Lipinski definition) is 3. The fourth-order valence-corrected chi connectivity index (χ4v) is 2.30. The van der Waals surface area contributed by atoms with E-state index in [1.54, 1.807) is 12.5 Å². The Bertz CT molecular complexity index is 278. The summed E-state index contributed by atoms with van der Waals surface area (Å²) in [4.78, 5) is 8.10. The standard InChI is InChI=1S/C12H19N3/c1-2-10-3-5-11(6-4-10)15-12-7-8-13-9-14-12/h7-11H,2-6H2,1H3,(H,13,14,15). The third-order valence-corrected chi connectivity index (χ3v) is 3.36. The minimum Gasteiger partial charge on any atom is -0.367 e. The maximum absolute atomic E-state index is 4.19. The Morgan fingerprint density at radius 1 is 1.33 bits per heavy atom. The van der Waals surface area contributed by atoms with Crippen molar-refractivity contribution in [1.82, 2.24) is 9.97 Å². The van der Waals surface area contributed by atoms with E-state index in [2.05, 4.69) is 22.2 Å². The summed E-state index contributed by atoms with van der Waals surface area (Å²) in [5.41, 5.74) is 0. The fraction of sp³-hybridized carbons (Fsp3) is 0.667. The van der Waals surface area contributed by atoms with E-state index in [4.69, 9.17) is 0 Å². The normalized spacial score (nSPS) is 26.2. The minimum atomic E-state index is 0.614. The van der Waals surface area contributed by atoms with E-state index in [0.29, 0.717) is 6.04 Å². The molecule has 1 aliphatic rings. The third-order valence-electron chi connectivity index (χ3n) is 3.36. The van der Waals surface area contributed by atoms with Gasteiger partial charge in [-0.3, -0.25) is 0 Å². The van der Waals surface area contributed by atoms with Crippen molar-refractivity contribution in [1.29, 1.82) is 0 Å². The van der Waals surface area contributed by atoms with Gasteiger partial charge in [-0.15, -0.1) is 0 Å². The lowest BCUT2D eigenvalue weighted by Gasteiger charge is -2.28. The molecule has 0 radical (unpaired) electrons. The molecule has 0 spiro atoms. The van der Waals surface area contributed by atoms with E-state index in [9.17, 15) is 0 Å². The first kappa shape index (κ1) is 10.4. The molecule has 1 aromatic heterocycles. The van der Waals surface area contributed by atoms with Crippen LogP contribution < -0.4 is 5.32 Å². The summed E-state index contributed by atoms with van der Waals surface area (Å²) in [7, 11) is 0. The van der Waals surface area contributed by atoms with Gasteiger partial charge >= 0.3 is 0 Å². The van der Waals surface area contributed by atoms with Crippen LogP contribution in [0.4, 0.5) is 5.82 Å². The Kier molecular flexibility index (Phi) is 3.54. The molecule has 1 aliphatic carbocycles. The quantitative estimate of drug-likeness (QED) is 0.824. The van der Waals surface area contributed by atoms with Crippen LogP contribution in [-0.2, 0) is 0 Å². The molecule has 3 heteroatoms. The first-order valence-corrected chi connectivity index (χ1v) is 5.91. The lowest BCUT2D eigenvalue weighted by molar-refractivity contribution is 0.330. The molecule has 0 bridgehead atoms. The molecule has 1 N–H and O–H groups in total. The van der Waals surface area contributed by atoms with Crippen LogP contribution in [0.5, 0.6) is 0 Å². The summed E-state index contributed by atoms with van der Waals surface area (Å²) in [6.07, 6.45) is 10.00. The molecule has 1 aromatic rings. The summed E-state index contributed by atoms with van der Waals surface area (Å²) < 4.78 is 0. The Labute approximate surface area is 91.3 Å². The van der Waals surface area contributed by atoms with Gasteiger partial charge in [-0.1, -0.05) is 13.3 Å². The Hall–Kier alpha value is -1.12. The highest BCUT2D eigenvalue weighted by molar-refractivity contribution is 5.32. The first-order chi connectivity index (χ1) is 7.38. The zero-order chi connectivity index (χ0) is 10.5. The van der Waals surface area contributed by atoms with Gasteiger partial charge in [0.05, 0.1) is 0 Å². The van der Waals surface area contributed by atoms with Crippen LogP contribution in [-0.4, -0.2) is 16.0 Å². The van der Waals surface area contributed by atoms with Gasteiger partial charge in [-0.05, 0) is 37.7 Å². The van der Waals surface area contributed by atoms with Crippen molar-refractivity contribution in [2.75, 3.05) is 5.32 Å². The third kappa shape index (κ3) is 2.91. The van der Waals surface area contributed by atoms with Gasteiger partial charge in [0.1, 0.15) is 12.1 Å². The van der Waals surface area contributed by atoms with Crippen molar-refractivity contribution >= 4 is 5.82 Å². The maximum atomic E-state index is 4.19. The molecule has 15 heavy (non-hydrogen) atoms. The lowest BCUT2D eigenvalue weighted by Crippen LogP contribution is -2.26. The van der Waals surface area contributed by atoms with Gasteiger partial charge < -0.3 is 5.32 Å². The summed E-state index contributed by atoms with van der Waals surface area (Å²) in [6.45, 7) is 2.29. The van der Waals surface area contributed by atoms with Crippen molar-refractivity contribution in [3.8, 4) is 0 Å². The number of hydrogen-bond donors (Lipinski definition) is 1. The second-order valence-electron chi connectivity index (χ2n) is 4.36. The van der Waals surface area contributed by atoms with Crippen LogP contribution in [0.3, 0.4) is 0 Å². The molecular formula is C12H19N3. The van der Waals surface area contributed by atoms with Gasteiger partial charge in [-0.25, -0.2) is 9.97 Å². The van der Waals surface area contributed by atoms with Gasteiger partial charge in [-0.2, -0.15) is 0 Å². The average molecular weight is 205 g/mol. The van der Waals surface area contributed by atoms with Crippen LogP contribution in [0, 0.1) is 5.92 Å².